The normalized spacial score (nSPS) is 37.6. The first-order valence-electron chi connectivity index (χ1n) is 11.2. The molecule has 6 rings (SSSR count). The highest BCUT2D eigenvalue weighted by Crippen LogP contribution is 2.64. The molecular weight excluding hydrogens is 342 g/mol. The molecule has 2 fully saturated rings. The van der Waals surface area contributed by atoms with Gasteiger partial charge in [-0.3, -0.25) is 0 Å². The Hall–Kier alpha value is -1.96. The molecule has 0 bridgehead atoms. The Morgan fingerprint density at radius 3 is 2.86 bits per heavy atom. The molecule has 0 spiro atoms. The van der Waals surface area contributed by atoms with E-state index in [1.165, 1.54) is 49.8 Å². The maximum Gasteiger partial charge on any atom is 0.119 e. The van der Waals surface area contributed by atoms with E-state index in [1.807, 2.05) is 0 Å². The molecule has 2 aromatic carbocycles. The van der Waals surface area contributed by atoms with Gasteiger partial charge in [0.1, 0.15) is 5.75 Å². The summed E-state index contributed by atoms with van der Waals surface area (Å²) >= 11 is 0. The van der Waals surface area contributed by atoms with Crippen LogP contribution in [0.2, 0.25) is 0 Å². The molecule has 0 amide bonds. The van der Waals surface area contributed by atoms with Crippen LogP contribution in [-0.4, -0.2) is 13.2 Å². The van der Waals surface area contributed by atoms with Crippen LogP contribution in [0.15, 0.2) is 42.5 Å². The number of nitrogens with one attached hydrogen (secondary N) is 1. The molecule has 146 valence electrons. The van der Waals surface area contributed by atoms with E-state index in [4.69, 9.17) is 4.74 Å². The minimum atomic E-state index is 0.448. The number of benzene rings is 2. The average molecular weight is 374 g/mol. The standard InChI is InChI=1S/C26H31NO/c1-26-12-11-21-20-10-8-19(28-2)14-16(20)7-9-22(21)23(26)15-18-13-17-5-3-4-6-24(17)27-25(18)26/h3-6,8,10,14,18,21-23,25,27H,7,9,11-13,15H2,1-2H3/t18-,21?,22?,23-,25+,26+/m0/s1. The van der Waals surface area contributed by atoms with E-state index >= 15 is 0 Å². The van der Waals surface area contributed by atoms with Gasteiger partial charge in [-0.05, 0) is 103 Å². The van der Waals surface area contributed by atoms with Crippen LogP contribution in [-0.2, 0) is 12.8 Å². The van der Waals surface area contributed by atoms with Crippen molar-refractivity contribution in [3.05, 3.63) is 59.2 Å². The first-order chi connectivity index (χ1) is 13.7. The van der Waals surface area contributed by atoms with Crippen molar-refractivity contribution in [2.24, 2.45) is 23.2 Å². The fraction of sp³-hybridized carbons (Fsp3) is 0.538. The molecule has 3 aliphatic carbocycles. The number of ether oxygens (including phenoxy) is 1. The smallest absolute Gasteiger partial charge is 0.119 e. The fourth-order valence-electron chi connectivity index (χ4n) is 7.64. The highest BCUT2D eigenvalue weighted by Gasteiger charge is 2.58. The van der Waals surface area contributed by atoms with Gasteiger partial charge < -0.3 is 10.1 Å². The molecule has 4 aliphatic rings. The number of rotatable bonds is 1. The second-order valence-electron chi connectivity index (χ2n) is 10.0. The monoisotopic (exact) mass is 373 g/mol. The Bertz CT molecular complexity index is 920. The lowest BCUT2D eigenvalue weighted by atomic mass is 9.55. The molecular formula is C26H31NO. The highest BCUT2D eigenvalue weighted by atomic mass is 16.5. The van der Waals surface area contributed by atoms with Crippen LogP contribution < -0.4 is 10.1 Å². The van der Waals surface area contributed by atoms with Crippen molar-refractivity contribution < 1.29 is 4.74 Å². The average Bonchev–Trinajstić information content (AvgIpc) is 3.03. The number of anilines is 1. The lowest BCUT2D eigenvalue weighted by molar-refractivity contribution is 0.0530. The number of fused-ring (bicyclic) bond motifs is 8. The molecule has 1 aliphatic heterocycles. The summed E-state index contributed by atoms with van der Waals surface area (Å²) in [6.45, 7) is 2.61. The zero-order valence-corrected chi connectivity index (χ0v) is 17.1. The van der Waals surface area contributed by atoms with E-state index in [0.717, 1.165) is 29.4 Å². The summed E-state index contributed by atoms with van der Waals surface area (Å²) in [5, 5.41) is 4.01. The summed E-state index contributed by atoms with van der Waals surface area (Å²) < 4.78 is 5.49. The summed E-state index contributed by atoms with van der Waals surface area (Å²) in [7, 11) is 1.78. The SMILES string of the molecule is COc1ccc2c(c1)CCC1C2CC[C@@]2(C)[C@@H]3Nc4ccccc4C[C@H]3C[C@@H]12. The van der Waals surface area contributed by atoms with E-state index in [9.17, 15) is 0 Å². The quantitative estimate of drug-likeness (QED) is 0.680. The van der Waals surface area contributed by atoms with Crippen LogP contribution in [0.3, 0.4) is 0 Å². The fourth-order valence-corrected chi connectivity index (χ4v) is 7.64. The molecule has 2 aromatic rings. The molecule has 2 saturated carbocycles. The molecule has 0 saturated heterocycles. The van der Waals surface area contributed by atoms with Gasteiger partial charge in [-0.2, -0.15) is 0 Å². The summed E-state index contributed by atoms with van der Waals surface area (Å²) in [6.07, 6.45) is 7.98. The second kappa shape index (κ2) is 6.02. The Kier molecular flexibility index (Phi) is 3.64. The first kappa shape index (κ1) is 16.9. The largest absolute Gasteiger partial charge is 0.497 e. The molecule has 2 heteroatoms. The Morgan fingerprint density at radius 1 is 1.07 bits per heavy atom. The van der Waals surface area contributed by atoms with Crippen molar-refractivity contribution >= 4 is 5.69 Å². The Balaban J connectivity index is 1.33. The van der Waals surface area contributed by atoms with Crippen molar-refractivity contribution in [3.8, 4) is 5.75 Å². The second-order valence-corrected chi connectivity index (χ2v) is 10.0. The lowest BCUT2D eigenvalue weighted by Crippen LogP contribution is -2.48. The number of hydrogen-bond donors (Lipinski definition) is 1. The molecule has 6 atom stereocenters. The van der Waals surface area contributed by atoms with Crippen molar-refractivity contribution in [1.29, 1.82) is 0 Å². The maximum absolute atomic E-state index is 5.49. The van der Waals surface area contributed by atoms with Gasteiger partial charge in [0, 0.05) is 11.7 Å². The van der Waals surface area contributed by atoms with Gasteiger partial charge >= 0.3 is 0 Å². The van der Waals surface area contributed by atoms with Crippen LogP contribution in [0.4, 0.5) is 5.69 Å². The predicted octanol–water partition coefficient (Wildman–Crippen LogP) is 5.81. The zero-order chi connectivity index (χ0) is 18.9. The van der Waals surface area contributed by atoms with E-state index in [2.05, 4.69) is 54.7 Å². The van der Waals surface area contributed by atoms with Crippen molar-refractivity contribution in [2.75, 3.05) is 12.4 Å². The highest BCUT2D eigenvalue weighted by molar-refractivity contribution is 5.55. The minimum absolute atomic E-state index is 0.448. The van der Waals surface area contributed by atoms with Gasteiger partial charge in [0.2, 0.25) is 0 Å². The zero-order valence-electron chi connectivity index (χ0n) is 17.1. The molecule has 0 aromatic heterocycles. The number of para-hydroxylation sites is 1. The molecule has 1 heterocycles. The van der Waals surface area contributed by atoms with Gasteiger partial charge in [0.15, 0.2) is 0 Å². The van der Waals surface area contributed by atoms with Gasteiger partial charge in [0.25, 0.3) is 0 Å². The lowest BCUT2D eigenvalue weighted by Gasteiger charge is -2.51. The number of aryl methyl sites for hydroxylation is 1. The van der Waals surface area contributed by atoms with Crippen molar-refractivity contribution in [2.45, 2.75) is 57.4 Å². The topological polar surface area (TPSA) is 21.3 Å². The number of hydrogen-bond acceptors (Lipinski definition) is 2. The van der Waals surface area contributed by atoms with E-state index in [1.54, 1.807) is 18.2 Å². The Morgan fingerprint density at radius 2 is 1.96 bits per heavy atom. The van der Waals surface area contributed by atoms with Crippen molar-refractivity contribution in [1.82, 2.24) is 0 Å². The third kappa shape index (κ3) is 2.27. The summed E-state index contributed by atoms with van der Waals surface area (Å²) in [6, 6.07) is 16.5. The van der Waals surface area contributed by atoms with Gasteiger partial charge in [-0.15, -0.1) is 0 Å². The molecule has 0 radical (unpaired) electrons. The van der Waals surface area contributed by atoms with Crippen LogP contribution in [0, 0.1) is 23.2 Å². The van der Waals surface area contributed by atoms with Gasteiger partial charge in [-0.25, -0.2) is 0 Å². The van der Waals surface area contributed by atoms with Crippen LogP contribution in [0.5, 0.6) is 5.75 Å². The van der Waals surface area contributed by atoms with E-state index in [0.29, 0.717) is 11.5 Å². The van der Waals surface area contributed by atoms with Gasteiger partial charge in [0.05, 0.1) is 7.11 Å². The minimum Gasteiger partial charge on any atom is -0.497 e. The van der Waals surface area contributed by atoms with Crippen LogP contribution >= 0.6 is 0 Å². The summed E-state index contributed by atoms with van der Waals surface area (Å²) in [5.74, 6) is 4.30. The van der Waals surface area contributed by atoms with Gasteiger partial charge in [-0.1, -0.05) is 31.2 Å². The third-order valence-electron chi connectivity index (χ3n) is 8.92. The van der Waals surface area contributed by atoms with Crippen LogP contribution in [0.25, 0.3) is 0 Å². The van der Waals surface area contributed by atoms with E-state index < -0.39 is 0 Å². The molecule has 2 nitrogen and oxygen atoms in total. The van der Waals surface area contributed by atoms with Crippen LogP contribution in [0.1, 0.15) is 55.2 Å². The summed E-state index contributed by atoms with van der Waals surface area (Å²) in [5.41, 5.74) is 6.55. The molecule has 1 N–H and O–H groups in total. The van der Waals surface area contributed by atoms with E-state index in [-0.39, 0.29) is 0 Å². The Labute approximate surface area is 168 Å². The number of methoxy groups -OCH3 is 1. The predicted molar refractivity (Wildman–Crippen MR) is 114 cm³/mol. The molecule has 2 unspecified atom stereocenters. The summed E-state index contributed by atoms with van der Waals surface area (Å²) in [4.78, 5) is 0. The third-order valence-corrected chi connectivity index (χ3v) is 8.92. The first-order valence-corrected chi connectivity index (χ1v) is 11.2. The maximum atomic E-state index is 5.49. The van der Waals surface area contributed by atoms with Crippen molar-refractivity contribution in [3.63, 3.8) is 0 Å². The molecule has 28 heavy (non-hydrogen) atoms.